The summed E-state index contributed by atoms with van der Waals surface area (Å²) in [6.07, 6.45) is 6.08. The van der Waals surface area contributed by atoms with Crippen molar-refractivity contribution in [3.05, 3.63) is 0 Å². The fourth-order valence-corrected chi connectivity index (χ4v) is 3.56. The van der Waals surface area contributed by atoms with Crippen molar-refractivity contribution in [1.82, 2.24) is 0 Å². The van der Waals surface area contributed by atoms with Crippen LogP contribution >= 0.6 is 0 Å². The largest absolute Gasteiger partial charge is 0.462 e. The number of ether oxygens (including phenoxy) is 3. The van der Waals surface area contributed by atoms with Crippen LogP contribution in [-0.2, 0) is 19.0 Å². The highest BCUT2D eigenvalue weighted by Gasteiger charge is 2.40. The number of carbonyl (C=O) groups excluding carboxylic acids is 1. The minimum Gasteiger partial charge on any atom is -0.462 e. The summed E-state index contributed by atoms with van der Waals surface area (Å²) < 4.78 is 16.8. The lowest BCUT2D eigenvalue weighted by molar-refractivity contribution is -0.164. The molecule has 4 heteroatoms. The third-order valence-corrected chi connectivity index (χ3v) is 4.86. The molecule has 4 nitrogen and oxygen atoms in total. The molecule has 20 heavy (non-hydrogen) atoms. The van der Waals surface area contributed by atoms with Crippen LogP contribution in [-0.4, -0.2) is 31.1 Å². The lowest BCUT2D eigenvalue weighted by Gasteiger charge is -2.26. The predicted octanol–water partition coefficient (Wildman–Crippen LogP) is 3.29. The van der Waals surface area contributed by atoms with Crippen LogP contribution in [0.2, 0.25) is 0 Å². The Morgan fingerprint density at radius 2 is 1.90 bits per heavy atom. The fourth-order valence-electron chi connectivity index (χ4n) is 3.56. The van der Waals surface area contributed by atoms with Crippen molar-refractivity contribution in [1.29, 1.82) is 0 Å². The number of esters is 1. The van der Waals surface area contributed by atoms with Crippen molar-refractivity contribution < 1.29 is 19.0 Å². The van der Waals surface area contributed by atoms with Crippen LogP contribution < -0.4 is 0 Å². The fraction of sp³-hybridized carbons (Fsp3) is 0.938. The first-order valence-electron chi connectivity index (χ1n) is 8.10. The van der Waals surface area contributed by atoms with Gasteiger partial charge in [-0.3, -0.25) is 4.79 Å². The zero-order chi connectivity index (χ0) is 14.6. The molecule has 3 atom stereocenters. The Kier molecular flexibility index (Phi) is 5.44. The van der Waals surface area contributed by atoms with Gasteiger partial charge in [0, 0.05) is 12.3 Å². The van der Waals surface area contributed by atoms with E-state index in [9.17, 15) is 4.79 Å². The van der Waals surface area contributed by atoms with Gasteiger partial charge in [0.1, 0.15) is 6.10 Å². The number of carbonyl (C=O) groups is 1. The predicted molar refractivity (Wildman–Crippen MR) is 76.2 cm³/mol. The first-order chi connectivity index (χ1) is 9.62. The second kappa shape index (κ2) is 6.90. The average molecular weight is 284 g/mol. The first kappa shape index (κ1) is 15.8. The van der Waals surface area contributed by atoms with E-state index < -0.39 is 0 Å². The van der Waals surface area contributed by atoms with Crippen LogP contribution in [0.1, 0.15) is 59.3 Å². The topological polar surface area (TPSA) is 44.8 Å². The van der Waals surface area contributed by atoms with Crippen molar-refractivity contribution in [3.8, 4) is 0 Å². The molecule has 3 unspecified atom stereocenters. The van der Waals surface area contributed by atoms with E-state index in [1.54, 1.807) is 0 Å². The molecule has 116 valence electrons. The highest BCUT2D eigenvalue weighted by molar-refractivity contribution is 5.75. The first-order valence-corrected chi connectivity index (χ1v) is 8.10. The summed E-state index contributed by atoms with van der Waals surface area (Å²) in [6.45, 7) is 7.64. The second-order valence-corrected chi connectivity index (χ2v) is 6.03. The number of rotatable bonds is 7. The SMILES string of the molecule is CCC1C(=O)OC(C)C1CCCCC1(CC)OCCO1. The summed E-state index contributed by atoms with van der Waals surface area (Å²) in [6, 6.07) is 0. The van der Waals surface area contributed by atoms with Gasteiger partial charge in [0.05, 0.1) is 19.1 Å². The smallest absolute Gasteiger partial charge is 0.309 e. The van der Waals surface area contributed by atoms with E-state index in [0.29, 0.717) is 19.1 Å². The van der Waals surface area contributed by atoms with E-state index in [1.165, 1.54) is 0 Å². The van der Waals surface area contributed by atoms with Crippen molar-refractivity contribution in [3.63, 3.8) is 0 Å². The van der Waals surface area contributed by atoms with E-state index in [4.69, 9.17) is 14.2 Å². The lowest BCUT2D eigenvalue weighted by atomic mass is 9.84. The molecule has 0 aromatic heterocycles. The molecule has 2 rings (SSSR count). The number of hydrogen-bond donors (Lipinski definition) is 0. The van der Waals surface area contributed by atoms with Crippen LogP contribution in [0.15, 0.2) is 0 Å². The summed E-state index contributed by atoms with van der Waals surface area (Å²) in [5, 5.41) is 0. The summed E-state index contributed by atoms with van der Waals surface area (Å²) in [7, 11) is 0. The van der Waals surface area contributed by atoms with Crippen LogP contribution in [0, 0.1) is 11.8 Å². The minimum atomic E-state index is -0.336. The van der Waals surface area contributed by atoms with Crippen molar-refractivity contribution in [2.24, 2.45) is 11.8 Å². The van der Waals surface area contributed by atoms with Crippen molar-refractivity contribution in [2.75, 3.05) is 13.2 Å². The Balaban J connectivity index is 1.74. The zero-order valence-corrected chi connectivity index (χ0v) is 13.0. The van der Waals surface area contributed by atoms with Crippen LogP contribution in [0.4, 0.5) is 0 Å². The molecule has 2 aliphatic rings. The van der Waals surface area contributed by atoms with Gasteiger partial charge >= 0.3 is 5.97 Å². The van der Waals surface area contributed by atoms with Gasteiger partial charge in [-0.05, 0) is 32.6 Å². The normalized spacial score (nSPS) is 32.5. The molecular formula is C16H28O4. The standard InChI is InChI=1S/C16H28O4/c1-4-13-14(12(3)20-15(13)17)8-6-7-9-16(5-2)18-10-11-19-16/h12-14H,4-11H2,1-3H3. The molecule has 0 aromatic rings. The van der Waals surface area contributed by atoms with Crippen molar-refractivity contribution in [2.45, 2.75) is 71.2 Å². The summed E-state index contributed by atoms with van der Waals surface area (Å²) >= 11 is 0. The maximum atomic E-state index is 11.7. The second-order valence-electron chi connectivity index (χ2n) is 6.03. The van der Waals surface area contributed by atoms with E-state index in [-0.39, 0.29) is 23.8 Å². The minimum absolute atomic E-state index is 0.00233. The van der Waals surface area contributed by atoms with Gasteiger partial charge in [-0.1, -0.05) is 20.3 Å². The molecule has 0 bridgehead atoms. The Morgan fingerprint density at radius 1 is 1.20 bits per heavy atom. The Hall–Kier alpha value is -0.610. The van der Waals surface area contributed by atoms with Gasteiger partial charge < -0.3 is 14.2 Å². The summed E-state index contributed by atoms with van der Waals surface area (Å²) in [5.74, 6) is 0.148. The van der Waals surface area contributed by atoms with Gasteiger partial charge in [-0.15, -0.1) is 0 Å². The van der Waals surface area contributed by atoms with Crippen LogP contribution in [0.3, 0.4) is 0 Å². The van der Waals surface area contributed by atoms with Crippen LogP contribution in [0.5, 0.6) is 0 Å². The molecule has 0 radical (unpaired) electrons. The van der Waals surface area contributed by atoms with Gasteiger partial charge in [-0.25, -0.2) is 0 Å². The molecule has 0 aromatic carbocycles. The zero-order valence-electron chi connectivity index (χ0n) is 13.0. The van der Waals surface area contributed by atoms with Gasteiger partial charge in [0.15, 0.2) is 5.79 Å². The Bertz CT molecular complexity index is 322. The molecular weight excluding hydrogens is 256 g/mol. The van der Waals surface area contributed by atoms with E-state index >= 15 is 0 Å². The average Bonchev–Trinajstić information content (AvgIpc) is 3.00. The Morgan fingerprint density at radius 3 is 2.50 bits per heavy atom. The molecule has 2 heterocycles. The molecule has 0 aliphatic carbocycles. The van der Waals surface area contributed by atoms with E-state index in [2.05, 4.69) is 13.8 Å². The lowest BCUT2D eigenvalue weighted by Crippen LogP contribution is -2.29. The molecule has 0 N–H and O–H groups in total. The molecule has 2 saturated heterocycles. The maximum absolute atomic E-state index is 11.7. The molecule has 0 saturated carbocycles. The third kappa shape index (κ3) is 3.34. The summed E-state index contributed by atoms with van der Waals surface area (Å²) in [5.41, 5.74) is 0. The van der Waals surface area contributed by atoms with Crippen LogP contribution in [0.25, 0.3) is 0 Å². The molecule has 2 aliphatic heterocycles. The van der Waals surface area contributed by atoms with Gasteiger partial charge in [0.25, 0.3) is 0 Å². The van der Waals surface area contributed by atoms with Crippen molar-refractivity contribution >= 4 is 5.97 Å². The van der Waals surface area contributed by atoms with Gasteiger partial charge in [-0.2, -0.15) is 0 Å². The van der Waals surface area contributed by atoms with Gasteiger partial charge in [0.2, 0.25) is 0 Å². The number of hydrogen-bond acceptors (Lipinski definition) is 4. The van der Waals surface area contributed by atoms with E-state index in [0.717, 1.165) is 38.5 Å². The van der Waals surface area contributed by atoms with E-state index in [1.807, 2.05) is 6.92 Å². The Labute approximate surface area is 122 Å². The monoisotopic (exact) mass is 284 g/mol. The highest BCUT2D eigenvalue weighted by Crippen LogP contribution is 2.35. The highest BCUT2D eigenvalue weighted by atomic mass is 16.7. The quantitative estimate of drug-likeness (QED) is 0.531. The summed E-state index contributed by atoms with van der Waals surface area (Å²) in [4.78, 5) is 11.7. The number of cyclic esters (lactones) is 1. The third-order valence-electron chi connectivity index (χ3n) is 4.86. The number of unbranched alkanes of at least 4 members (excludes halogenated alkanes) is 1. The molecule has 2 fully saturated rings. The molecule has 0 spiro atoms. The molecule has 0 amide bonds. The maximum Gasteiger partial charge on any atom is 0.309 e.